The molecule has 3 aromatic rings. The average Bonchev–Trinajstić information content (AvgIpc) is 2.99. The van der Waals surface area contributed by atoms with Crippen LogP contribution in [0.4, 0.5) is 0 Å². The van der Waals surface area contributed by atoms with Crippen LogP contribution >= 0.6 is 23.4 Å². The molecule has 0 aliphatic carbocycles. The van der Waals surface area contributed by atoms with Crippen molar-refractivity contribution in [3.63, 3.8) is 0 Å². The van der Waals surface area contributed by atoms with Gasteiger partial charge in [0.15, 0.2) is 0 Å². The van der Waals surface area contributed by atoms with Crippen molar-refractivity contribution in [1.29, 1.82) is 0 Å². The predicted molar refractivity (Wildman–Crippen MR) is 92.2 cm³/mol. The number of pyridine rings is 1. The van der Waals surface area contributed by atoms with Crippen molar-refractivity contribution in [3.8, 4) is 0 Å². The second kappa shape index (κ2) is 7.06. The molecule has 3 rings (SSSR count). The number of ether oxygens (including phenoxy) is 1. The van der Waals surface area contributed by atoms with Crippen molar-refractivity contribution < 1.29 is 9.53 Å². The van der Waals surface area contributed by atoms with Crippen LogP contribution in [0.25, 0.3) is 5.52 Å². The van der Waals surface area contributed by atoms with E-state index in [4.69, 9.17) is 16.3 Å². The van der Waals surface area contributed by atoms with Gasteiger partial charge in [-0.25, -0.2) is 9.78 Å². The first-order chi connectivity index (χ1) is 11.2. The Balaban J connectivity index is 1.89. The largest absolute Gasteiger partial charge is 0.460 e. The summed E-state index contributed by atoms with van der Waals surface area (Å²) in [6.45, 7) is 2.08. The molecule has 0 fully saturated rings. The summed E-state index contributed by atoms with van der Waals surface area (Å²) in [6.07, 6.45) is 3.45. The molecule has 0 radical (unpaired) electrons. The number of aromatic nitrogens is 2. The first-order valence-electron chi connectivity index (χ1n) is 7.19. The normalized spacial score (nSPS) is 10.9. The monoisotopic (exact) mass is 346 g/mol. The third kappa shape index (κ3) is 3.51. The van der Waals surface area contributed by atoms with Crippen molar-refractivity contribution >= 4 is 34.8 Å². The molecular formula is C17H15ClN2O2S. The number of benzene rings is 1. The van der Waals surface area contributed by atoms with Crippen LogP contribution in [0.15, 0.2) is 53.7 Å². The number of imidazole rings is 1. The van der Waals surface area contributed by atoms with Crippen LogP contribution in [0.5, 0.6) is 0 Å². The molecule has 118 valence electrons. The van der Waals surface area contributed by atoms with Crippen LogP contribution in [0.2, 0.25) is 5.02 Å². The first kappa shape index (κ1) is 15.9. The lowest BCUT2D eigenvalue weighted by molar-refractivity contribution is 0.0511. The summed E-state index contributed by atoms with van der Waals surface area (Å²) in [7, 11) is 0. The molecule has 0 N–H and O–H groups in total. The number of esters is 1. The topological polar surface area (TPSA) is 43.6 Å². The highest BCUT2D eigenvalue weighted by molar-refractivity contribution is 7.98. The predicted octanol–water partition coefficient (Wildman–Crippen LogP) is 4.46. The summed E-state index contributed by atoms with van der Waals surface area (Å²) in [5.41, 5.74) is 1.92. The van der Waals surface area contributed by atoms with E-state index in [-0.39, 0.29) is 5.82 Å². The Labute approximate surface area is 143 Å². The molecule has 4 nitrogen and oxygen atoms in total. The van der Waals surface area contributed by atoms with Crippen LogP contribution in [-0.4, -0.2) is 22.0 Å². The van der Waals surface area contributed by atoms with Crippen LogP contribution in [0, 0.1) is 0 Å². The van der Waals surface area contributed by atoms with E-state index >= 15 is 0 Å². The molecule has 2 heterocycles. The standard InChI is InChI=1S/C17H15ClN2O2S/c1-2-22-17(21)16-19-9-15-14(18)8-13(10-20(15)16)23-11-12-6-4-3-5-7-12/h3-10H,2,11H2,1H3. The van der Waals surface area contributed by atoms with Crippen molar-refractivity contribution in [1.82, 2.24) is 9.38 Å². The third-order valence-electron chi connectivity index (χ3n) is 3.27. The number of fused-ring (bicyclic) bond motifs is 1. The highest BCUT2D eigenvalue weighted by Gasteiger charge is 2.16. The number of halogens is 1. The minimum absolute atomic E-state index is 0.242. The molecule has 0 saturated carbocycles. The van der Waals surface area contributed by atoms with Gasteiger partial charge in [-0.1, -0.05) is 41.9 Å². The number of hydrogen-bond donors (Lipinski definition) is 0. The van der Waals surface area contributed by atoms with Gasteiger partial charge < -0.3 is 4.74 Å². The van der Waals surface area contributed by atoms with Crippen LogP contribution in [0.3, 0.4) is 0 Å². The second-order valence-electron chi connectivity index (χ2n) is 4.86. The van der Waals surface area contributed by atoms with E-state index in [1.807, 2.05) is 30.5 Å². The van der Waals surface area contributed by atoms with E-state index in [1.54, 1.807) is 29.3 Å². The highest BCUT2D eigenvalue weighted by atomic mass is 35.5. The van der Waals surface area contributed by atoms with Gasteiger partial charge in [0.2, 0.25) is 5.82 Å². The highest BCUT2D eigenvalue weighted by Crippen LogP contribution is 2.28. The molecule has 23 heavy (non-hydrogen) atoms. The van der Waals surface area contributed by atoms with Crippen LogP contribution < -0.4 is 0 Å². The first-order valence-corrected chi connectivity index (χ1v) is 8.56. The minimum atomic E-state index is -0.450. The lowest BCUT2D eigenvalue weighted by Gasteiger charge is -2.07. The number of carbonyl (C=O) groups is 1. The number of hydrogen-bond acceptors (Lipinski definition) is 4. The quantitative estimate of drug-likeness (QED) is 0.505. The SMILES string of the molecule is CCOC(=O)c1ncc2c(Cl)cc(SCc3ccccc3)cn12. The summed E-state index contributed by atoms with van der Waals surface area (Å²) in [5.74, 6) is 0.617. The molecule has 0 aliphatic rings. The third-order valence-corrected chi connectivity index (χ3v) is 4.61. The Kier molecular flexibility index (Phi) is 4.88. The van der Waals surface area contributed by atoms with E-state index in [2.05, 4.69) is 17.1 Å². The zero-order valence-electron chi connectivity index (χ0n) is 12.5. The molecule has 1 aromatic carbocycles. The molecular weight excluding hydrogens is 332 g/mol. The van der Waals surface area contributed by atoms with Crippen LogP contribution in [-0.2, 0) is 10.5 Å². The molecule has 2 aromatic heterocycles. The Morgan fingerprint density at radius 3 is 2.87 bits per heavy atom. The maximum atomic E-state index is 12.0. The Morgan fingerprint density at radius 2 is 2.13 bits per heavy atom. The summed E-state index contributed by atoms with van der Waals surface area (Å²) in [4.78, 5) is 17.1. The molecule has 0 spiro atoms. The van der Waals surface area contributed by atoms with E-state index in [0.717, 1.165) is 10.6 Å². The van der Waals surface area contributed by atoms with E-state index in [9.17, 15) is 4.79 Å². The molecule has 0 amide bonds. The lowest BCUT2D eigenvalue weighted by Crippen LogP contribution is -2.09. The van der Waals surface area contributed by atoms with Gasteiger partial charge in [0, 0.05) is 16.8 Å². The number of nitrogens with zero attached hydrogens (tertiary/aromatic N) is 2. The molecule has 0 bridgehead atoms. The average molecular weight is 347 g/mol. The summed E-state index contributed by atoms with van der Waals surface area (Å²) >= 11 is 7.97. The number of carbonyl (C=O) groups excluding carboxylic acids is 1. The molecule has 0 unspecified atom stereocenters. The summed E-state index contributed by atoms with van der Waals surface area (Å²) in [6, 6.07) is 12.1. The number of rotatable bonds is 5. The molecule has 0 atom stereocenters. The second-order valence-corrected chi connectivity index (χ2v) is 6.31. The van der Waals surface area contributed by atoms with Gasteiger partial charge in [0.05, 0.1) is 23.3 Å². The van der Waals surface area contributed by atoms with Crippen molar-refractivity contribution in [3.05, 3.63) is 65.2 Å². The van der Waals surface area contributed by atoms with E-state index in [0.29, 0.717) is 17.1 Å². The van der Waals surface area contributed by atoms with Crippen LogP contribution in [0.1, 0.15) is 23.1 Å². The van der Waals surface area contributed by atoms with Gasteiger partial charge in [0.1, 0.15) is 0 Å². The summed E-state index contributed by atoms with van der Waals surface area (Å²) in [5, 5.41) is 0.561. The Morgan fingerprint density at radius 1 is 1.35 bits per heavy atom. The maximum absolute atomic E-state index is 12.0. The van der Waals surface area contributed by atoms with Crippen molar-refractivity contribution in [2.24, 2.45) is 0 Å². The van der Waals surface area contributed by atoms with Gasteiger partial charge in [-0.3, -0.25) is 4.40 Å². The fourth-order valence-electron chi connectivity index (χ4n) is 2.20. The van der Waals surface area contributed by atoms with Gasteiger partial charge >= 0.3 is 5.97 Å². The van der Waals surface area contributed by atoms with E-state index < -0.39 is 5.97 Å². The van der Waals surface area contributed by atoms with Gasteiger partial charge in [-0.05, 0) is 18.6 Å². The molecule has 6 heteroatoms. The zero-order chi connectivity index (χ0) is 16.2. The zero-order valence-corrected chi connectivity index (χ0v) is 14.1. The van der Waals surface area contributed by atoms with Gasteiger partial charge in [-0.15, -0.1) is 11.8 Å². The smallest absolute Gasteiger partial charge is 0.374 e. The van der Waals surface area contributed by atoms with Gasteiger partial charge in [0.25, 0.3) is 0 Å². The summed E-state index contributed by atoms with van der Waals surface area (Å²) < 4.78 is 6.72. The molecule has 0 saturated heterocycles. The number of thioether (sulfide) groups is 1. The Bertz CT molecular complexity index is 833. The lowest BCUT2D eigenvalue weighted by atomic mass is 10.2. The van der Waals surface area contributed by atoms with Crippen molar-refractivity contribution in [2.75, 3.05) is 6.61 Å². The Hall–Kier alpha value is -1.98. The fraction of sp³-hybridized carbons (Fsp3) is 0.176. The minimum Gasteiger partial charge on any atom is -0.460 e. The van der Waals surface area contributed by atoms with Crippen molar-refractivity contribution in [2.45, 2.75) is 17.6 Å². The molecule has 0 aliphatic heterocycles. The maximum Gasteiger partial charge on any atom is 0.374 e. The van der Waals surface area contributed by atoms with Gasteiger partial charge in [-0.2, -0.15) is 0 Å². The fourth-order valence-corrected chi connectivity index (χ4v) is 3.43. The van der Waals surface area contributed by atoms with E-state index in [1.165, 1.54) is 5.56 Å².